The first kappa shape index (κ1) is 22.3. The smallest absolute Gasteiger partial charge is 0.313 e. The predicted molar refractivity (Wildman–Crippen MR) is 120 cm³/mol. The molecule has 0 N–H and O–H groups in total. The normalized spacial score (nSPS) is 22.9. The molecule has 0 radical (unpaired) electrons. The van der Waals surface area contributed by atoms with Gasteiger partial charge in [-0.2, -0.15) is 0 Å². The molecule has 9 heteroatoms. The third-order valence-corrected chi connectivity index (χ3v) is 6.82. The number of carbonyl (C=O) groups is 2. The highest BCUT2D eigenvalue weighted by Crippen LogP contribution is 2.37. The van der Waals surface area contributed by atoms with Gasteiger partial charge in [0.15, 0.2) is 12.2 Å². The highest BCUT2D eigenvalue weighted by atomic mass is 19.1. The Hall–Kier alpha value is -2.94. The van der Waals surface area contributed by atoms with E-state index in [9.17, 15) is 14.0 Å². The Kier molecular flexibility index (Phi) is 5.94. The number of guanidine groups is 1. The molecule has 1 fully saturated rings. The third kappa shape index (κ3) is 3.44. The third-order valence-electron chi connectivity index (χ3n) is 6.82. The monoisotopic (exact) mass is 442 g/mol. The molecule has 0 bridgehead atoms. The zero-order valence-corrected chi connectivity index (χ0v) is 19.4. The molecule has 1 saturated heterocycles. The van der Waals surface area contributed by atoms with Crippen LogP contribution < -0.4 is 0 Å². The number of rotatable bonds is 7. The van der Waals surface area contributed by atoms with Gasteiger partial charge < -0.3 is 14.7 Å². The second-order valence-electron chi connectivity index (χ2n) is 8.42. The fraction of sp³-hybridized carbons (Fsp3) is 0.522. The number of imide groups is 1. The van der Waals surface area contributed by atoms with Crippen molar-refractivity contribution in [2.24, 2.45) is 4.99 Å². The van der Waals surface area contributed by atoms with Crippen LogP contribution in [-0.4, -0.2) is 87.8 Å². The minimum Gasteiger partial charge on any atom is -0.313 e. The number of hydrogen-bond acceptors (Lipinski definition) is 6. The van der Waals surface area contributed by atoms with Crippen molar-refractivity contribution in [2.45, 2.75) is 46.4 Å². The van der Waals surface area contributed by atoms with Crippen LogP contribution in [0.25, 0.3) is 0 Å². The molecule has 4 rings (SSSR count). The molecular formula is C23H31FN6O2. The van der Waals surface area contributed by atoms with Crippen molar-refractivity contribution in [1.82, 2.24) is 24.5 Å². The van der Waals surface area contributed by atoms with Gasteiger partial charge in [-0.1, -0.05) is 32.0 Å². The summed E-state index contributed by atoms with van der Waals surface area (Å²) in [4.78, 5) is 40.4. The van der Waals surface area contributed by atoms with Crippen LogP contribution in [-0.2, 0) is 11.3 Å². The van der Waals surface area contributed by atoms with Crippen LogP contribution in [0.3, 0.4) is 0 Å². The van der Waals surface area contributed by atoms with Crippen LogP contribution in [0.1, 0.15) is 33.3 Å². The van der Waals surface area contributed by atoms with E-state index in [1.165, 1.54) is 11.0 Å². The molecule has 0 saturated carbocycles. The molecule has 0 spiro atoms. The predicted octanol–water partition coefficient (Wildman–Crippen LogP) is 2.49. The molecular weight excluding hydrogens is 411 g/mol. The minimum absolute atomic E-state index is 0.103. The number of aliphatic imine (C=N–C) groups is 1. The van der Waals surface area contributed by atoms with E-state index in [4.69, 9.17) is 4.99 Å². The van der Waals surface area contributed by atoms with Gasteiger partial charge >= 0.3 is 6.03 Å². The molecule has 2 atom stereocenters. The number of carbonyl (C=O) groups excluding carboxylic acids is 2. The van der Waals surface area contributed by atoms with E-state index in [-0.39, 0.29) is 12.5 Å². The fourth-order valence-electron chi connectivity index (χ4n) is 4.67. The SMILES string of the molecule is CCN(CC)CCN1C2=NC3C(C(=O)N(Cc4ccccc4F)C(=O)N3C)N2C(C)=C1C. The topological polar surface area (TPSA) is 62.7 Å². The largest absolute Gasteiger partial charge is 0.328 e. The molecule has 172 valence electrons. The lowest BCUT2D eigenvalue weighted by molar-refractivity contribution is -0.137. The van der Waals surface area contributed by atoms with Gasteiger partial charge in [0.25, 0.3) is 5.91 Å². The van der Waals surface area contributed by atoms with Crippen molar-refractivity contribution in [1.29, 1.82) is 0 Å². The molecule has 1 aromatic carbocycles. The summed E-state index contributed by atoms with van der Waals surface area (Å²) in [6, 6.07) is 5.11. The molecule has 3 aliphatic rings. The van der Waals surface area contributed by atoms with Gasteiger partial charge in [0, 0.05) is 37.1 Å². The van der Waals surface area contributed by atoms with Crippen molar-refractivity contribution < 1.29 is 14.0 Å². The van der Waals surface area contributed by atoms with Crippen LogP contribution in [0.5, 0.6) is 0 Å². The summed E-state index contributed by atoms with van der Waals surface area (Å²) in [7, 11) is 1.65. The Morgan fingerprint density at radius 2 is 1.75 bits per heavy atom. The van der Waals surface area contributed by atoms with E-state index < -0.39 is 24.1 Å². The van der Waals surface area contributed by atoms with Gasteiger partial charge in [0.2, 0.25) is 5.96 Å². The average molecular weight is 443 g/mol. The van der Waals surface area contributed by atoms with E-state index in [0.717, 1.165) is 42.5 Å². The van der Waals surface area contributed by atoms with Gasteiger partial charge in [0.1, 0.15) is 5.82 Å². The second-order valence-corrected chi connectivity index (χ2v) is 8.42. The van der Waals surface area contributed by atoms with Crippen molar-refractivity contribution in [2.75, 3.05) is 33.2 Å². The summed E-state index contributed by atoms with van der Waals surface area (Å²) in [6.07, 6.45) is -0.596. The number of fused-ring (bicyclic) bond motifs is 3. The Balaban J connectivity index is 1.61. The maximum atomic E-state index is 14.2. The Morgan fingerprint density at radius 3 is 2.41 bits per heavy atom. The second kappa shape index (κ2) is 8.54. The maximum Gasteiger partial charge on any atom is 0.328 e. The highest BCUT2D eigenvalue weighted by Gasteiger charge is 2.55. The summed E-state index contributed by atoms with van der Waals surface area (Å²) >= 11 is 0. The van der Waals surface area contributed by atoms with E-state index in [2.05, 4.69) is 23.6 Å². The molecule has 3 aliphatic heterocycles. The van der Waals surface area contributed by atoms with Gasteiger partial charge in [-0.25, -0.2) is 14.2 Å². The lowest BCUT2D eigenvalue weighted by Crippen LogP contribution is -2.64. The van der Waals surface area contributed by atoms with E-state index in [0.29, 0.717) is 11.5 Å². The van der Waals surface area contributed by atoms with Crippen LogP contribution in [0.15, 0.2) is 40.7 Å². The molecule has 2 unspecified atom stereocenters. The number of hydrogen-bond donors (Lipinski definition) is 0. The molecule has 0 aromatic heterocycles. The van der Waals surface area contributed by atoms with Gasteiger partial charge in [-0.3, -0.25) is 14.6 Å². The van der Waals surface area contributed by atoms with Gasteiger partial charge in [0.05, 0.1) is 6.54 Å². The number of allylic oxidation sites excluding steroid dienone is 2. The van der Waals surface area contributed by atoms with E-state index in [1.54, 1.807) is 25.2 Å². The van der Waals surface area contributed by atoms with E-state index >= 15 is 0 Å². The van der Waals surface area contributed by atoms with Gasteiger partial charge in [-0.15, -0.1) is 0 Å². The van der Waals surface area contributed by atoms with E-state index in [1.807, 2.05) is 18.7 Å². The summed E-state index contributed by atoms with van der Waals surface area (Å²) in [5.74, 6) is -0.0716. The number of urea groups is 1. The molecule has 32 heavy (non-hydrogen) atoms. The summed E-state index contributed by atoms with van der Waals surface area (Å²) in [5, 5.41) is 0. The van der Waals surface area contributed by atoms with Crippen molar-refractivity contribution in [3.8, 4) is 0 Å². The minimum atomic E-state index is -0.645. The zero-order chi connectivity index (χ0) is 23.2. The van der Waals surface area contributed by atoms with Crippen LogP contribution in [0.4, 0.5) is 9.18 Å². The highest BCUT2D eigenvalue weighted by molar-refractivity contribution is 6.05. The summed E-state index contributed by atoms with van der Waals surface area (Å²) < 4.78 is 14.2. The molecule has 0 aliphatic carbocycles. The first-order chi connectivity index (χ1) is 15.3. The standard InChI is InChI=1S/C23H31FN6O2/c1-6-27(7-2)12-13-28-15(3)16(4)30-19-20(25-22(28)30)26(5)23(32)29(21(19)31)14-17-10-8-9-11-18(17)24/h8-11,19-20H,6-7,12-14H2,1-5H3. The molecule has 3 heterocycles. The number of benzene rings is 1. The fourth-order valence-corrected chi connectivity index (χ4v) is 4.67. The summed E-state index contributed by atoms with van der Waals surface area (Å²) in [5.41, 5.74) is 2.33. The number of halogens is 1. The van der Waals surface area contributed by atoms with Crippen molar-refractivity contribution in [3.05, 3.63) is 47.0 Å². The Morgan fingerprint density at radius 1 is 1.06 bits per heavy atom. The van der Waals surface area contributed by atoms with Crippen LogP contribution in [0, 0.1) is 5.82 Å². The Bertz CT molecular complexity index is 988. The number of likely N-dealkylation sites (N-methyl/N-ethyl adjacent to an activating group) is 2. The maximum absolute atomic E-state index is 14.2. The summed E-state index contributed by atoms with van der Waals surface area (Å²) in [6.45, 7) is 11.8. The van der Waals surface area contributed by atoms with Crippen molar-refractivity contribution >= 4 is 17.9 Å². The number of nitrogens with zero attached hydrogens (tertiary/aromatic N) is 6. The van der Waals surface area contributed by atoms with Crippen molar-refractivity contribution in [3.63, 3.8) is 0 Å². The van der Waals surface area contributed by atoms with Crippen LogP contribution in [0.2, 0.25) is 0 Å². The molecule has 8 nitrogen and oxygen atoms in total. The Labute approximate surface area is 188 Å². The van der Waals surface area contributed by atoms with Crippen LogP contribution >= 0.6 is 0 Å². The number of amides is 3. The quantitative estimate of drug-likeness (QED) is 0.649. The first-order valence-electron chi connectivity index (χ1n) is 11.2. The van der Waals surface area contributed by atoms with Gasteiger partial charge in [-0.05, 0) is 33.0 Å². The molecule has 1 aromatic rings. The molecule has 3 amide bonds. The zero-order valence-electron chi connectivity index (χ0n) is 19.4. The first-order valence-corrected chi connectivity index (χ1v) is 11.2. The lowest BCUT2D eigenvalue weighted by Gasteiger charge is -2.40. The lowest BCUT2D eigenvalue weighted by atomic mass is 10.1. The average Bonchev–Trinajstić information content (AvgIpc) is 3.28.